The monoisotopic (exact) mass is 494 g/mol. The van der Waals surface area contributed by atoms with Crippen LogP contribution < -0.4 is 14.7 Å². The number of phenolic OH excluding ortho intramolecular Hbond substituents is 1. The molecule has 0 saturated carbocycles. The van der Waals surface area contributed by atoms with E-state index in [-0.39, 0.29) is 17.4 Å². The van der Waals surface area contributed by atoms with E-state index in [4.69, 9.17) is 9.57 Å². The van der Waals surface area contributed by atoms with E-state index >= 15 is 0 Å². The quantitative estimate of drug-likeness (QED) is 0.547. The number of imide groups is 1. The lowest BCUT2D eigenvalue weighted by Gasteiger charge is -2.29. The molecule has 0 aliphatic carbocycles. The fourth-order valence-corrected chi connectivity index (χ4v) is 4.58. The number of para-hydroxylation sites is 2. The molecular formula is C24H19BrN2O5. The van der Waals surface area contributed by atoms with E-state index in [9.17, 15) is 14.7 Å². The molecule has 2 saturated heterocycles. The van der Waals surface area contributed by atoms with Crippen molar-refractivity contribution in [3.63, 3.8) is 0 Å². The van der Waals surface area contributed by atoms with Crippen molar-refractivity contribution < 1.29 is 24.3 Å². The Morgan fingerprint density at radius 2 is 1.62 bits per heavy atom. The van der Waals surface area contributed by atoms with Gasteiger partial charge in [-0.05, 0) is 42.5 Å². The number of carbonyl (C=O) groups is 2. The average molecular weight is 495 g/mol. The maximum atomic E-state index is 13.6. The van der Waals surface area contributed by atoms with Crippen LogP contribution in [0.4, 0.5) is 11.4 Å². The first kappa shape index (κ1) is 20.5. The SMILES string of the molecule is COc1cccc([C@@H]2[C@H]3C(=O)N(c4ccc(Br)cc4)C(=O)[C@@H]3ON2c2ccccc2)c1O. The lowest BCUT2D eigenvalue weighted by Crippen LogP contribution is -2.37. The van der Waals surface area contributed by atoms with Gasteiger partial charge in [-0.25, -0.2) is 9.96 Å². The molecule has 3 aromatic rings. The molecule has 162 valence electrons. The number of hydroxylamine groups is 1. The molecule has 8 heteroatoms. The van der Waals surface area contributed by atoms with Crippen molar-refractivity contribution in [2.45, 2.75) is 12.1 Å². The van der Waals surface area contributed by atoms with Gasteiger partial charge in [-0.1, -0.05) is 46.3 Å². The second-order valence-corrected chi connectivity index (χ2v) is 8.46. The number of fused-ring (bicyclic) bond motifs is 1. The topological polar surface area (TPSA) is 79.3 Å². The molecule has 5 rings (SSSR count). The van der Waals surface area contributed by atoms with Gasteiger partial charge in [-0.15, -0.1) is 0 Å². The molecule has 3 atom stereocenters. The highest BCUT2D eigenvalue weighted by Crippen LogP contribution is 2.50. The highest BCUT2D eigenvalue weighted by Gasteiger charge is 2.60. The van der Waals surface area contributed by atoms with E-state index < -0.39 is 24.0 Å². The Bertz CT molecular complexity index is 1180. The van der Waals surface area contributed by atoms with Crippen molar-refractivity contribution in [1.29, 1.82) is 0 Å². The summed E-state index contributed by atoms with van der Waals surface area (Å²) in [6, 6.07) is 20.5. The summed E-state index contributed by atoms with van der Waals surface area (Å²) in [6.07, 6.45) is -1.01. The highest BCUT2D eigenvalue weighted by molar-refractivity contribution is 9.10. The number of hydrogen-bond acceptors (Lipinski definition) is 6. The molecule has 0 bridgehead atoms. The molecule has 1 N–H and O–H groups in total. The van der Waals surface area contributed by atoms with Crippen molar-refractivity contribution >= 4 is 39.1 Å². The first-order valence-electron chi connectivity index (χ1n) is 10.0. The molecule has 7 nitrogen and oxygen atoms in total. The van der Waals surface area contributed by atoms with Gasteiger partial charge in [0.2, 0.25) is 5.91 Å². The Balaban J connectivity index is 1.62. The summed E-state index contributed by atoms with van der Waals surface area (Å²) in [7, 11) is 1.46. The van der Waals surface area contributed by atoms with Crippen molar-refractivity contribution in [3.05, 3.63) is 82.8 Å². The number of rotatable bonds is 4. The third-order valence-corrected chi connectivity index (χ3v) is 6.31. The molecule has 2 aliphatic rings. The van der Waals surface area contributed by atoms with Crippen LogP contribution in [0, 0.1) is 5.92 Å². The normalized spacial score (nSPS) is 22.4. The average Bonchev–Trinajstić information content (AvgIpc) is 3.31. The Morgan fingerprint density at radius 1 is 0.906 bits per heavy atom. The van der Waals surface area contributed by atoms with E-state index in [2.05, 4.69) is 15.9 Å². The molecule has 2 heterocycles. The van der Waals surface area contributed by atoms with Gasteiger partial charge in [0.25, 0.3) is 5.91 Å². The lowest BCUT2D eigenvalue weighted by molar-refractivity contribution is -0.126. The Hall–Kier alpha value is -3.36. The highest BCUT2D eigenvalue weighted by atomic mass is 79.9. The summed E-state index contributed by atoms with van der Waals surface area (Å²) < 4.78 is 6.11. The van der Waals surface area contributed by atoms with E-state index in [0.717, 1.165) is 9.37 Å². The summed E-state index contributed by atoms with van der Waals surface area (Å²) in [5, 5.41) is 12.4. The second-order valence-electron chi connectivity index (χ2n) is 7.54. The predicted molar refractivity (Wildman–Crippen MR) is 121 cm³/mol. The maximum Gasteiger partial charge on any atom is 0.266 e. The summed E-state index contributed by atoms with van der Waals surface area (Å²) in [6.45, 7) is 0. The summed E-state index contributed by atoms with van der Waals surface area (Å²) in [4.78, 5) is 34.1. The third-order valence-electron chi connectivity index (χ3n) is 5.78. The summed E-state index contributed by atoms with van der Waals surface area (Å²) >= 11 is 3.37. The molecule has 0 aromatic heterocycles. The molecule has 0 radical (unpaired) electrons. The van der Waals surface area contributed by atoms with Gasteiger partial charge in [0.05, 0.1) is 18.5 Å². The van der Waals surface area contributed by atoms with Crippen LogP contribution in [0.15, 0.2) is 77.3 Å². The molecule has 32 heavy (non-hydrogen) atoms. The minimum atomic E-state index is -1.01. The first-order valence-corrected chi connectivity index (χ1v) is 10.8. The van der Waals surface area contributed by atoms with Crippen LogP contribution in [0.25, 0.3) is 0 Å². The van der Waals surface area contributed by atoms with Crippen LogP contribution in [0.2, 0.25) is 0 Å². The molecule has 0 spiro atoms. The van der Waals surface area contributed by atoms with E-state index in [1.54, 1.807) is 47.5 Å². The van der Waals surface area contributed by atoms with Gasteiger partial charge in [0.15, 0.2) is 17.6 Å². The largest absolute Gasteiger partial charge is 0.504 e. The smallest absolute Gasteiger partial charge is 0.266 e. The summed E-state index contributed by atoms with van der Waals surface area (Å²) in [5.74, 6) is -1.47. The van der Waals surface area contributed by atoms with Crippen molar-refractivity contribution in [2.24, 2.45) is 5.92 Å². The van der Waals surface area contributed by atoms with E-state index in [1.165, 1.54) is 7.11 Å². The van der Waals surface area contributed by atoms with Gasteiger partial charge >= 0.3 is 0 Å². The standard InChI is InChI=1S/C24H19BrN2O5/c1-31-18-9-5-8-17(21(18)28)20-19-22(32-27(20)16-6-3-2-4-7-16)24(30)26(23(19)29)15-12-10-14(25)11-13-15/h2-13,19-20,22,28H,1H3/t19-,20-,22-/m1/s1. The van der Waals surface area contributed by atoms with Gasteiger partial charge in [-0.3, -0.25) is 14.4 Å². The number of anilines is 2. The minimum absolute atomic E-state index is 0.0903. The molecule has 2 amide bonds. The van der Waals surface area contributed by atoms with Crippen LogP contribution in [-0.4, -0.2) is 30.1 Å². The number of amides is 2. The van der Waals surface area contributed by atoms with Gasteiger partial charge in [0, 0.05) is 10.0 Å². The number of benzene rings is 3. The van der Waals surface area contributed by atoms with Crippen molar-refractivity contribution in [3.8, 4) is 11.5 Å². The lowest BCUT2D eigenvalue weighted by atomic mass is 9.90. The fraction of sp³-hybridized carbons (Fsp3) is 0.167. The maximum absolute atomic E-state index is 13.6. The van der Waals surface area contributed by atoms with Crippen molar-refractivity contribution in [2.75, 3.05) is 17.1 Å². The minimum Gasteiger partial charge on any atom is -0.504 e. The van der Waals surface area contributed by atoms with Gasteiger partial charge < -0.3 is 9.84 Å². The number of halogens is 1. The van der Waals surface area contributed by atoms with Gasteiger partial charge in [0.1, 0.15) is 12.0 Å². The van der Waals surface area contributed by atoms with Crippen LogP contribution >= 0.6 is 15.9 Å². The third kappa shape index (κ3) is 3.14. The summed E-state index contributed by atoms with van der Waals surface area (Å²) in [5.41, 5.74) is 1.59. The number of phenols is 1. The molecule has 3 aromatic carbocycles. The fourth-order valence-electron chi connectivity index (χ4n) is 4.32. The Morgan fingerprint density at radius 3 is 2.31 bits per heavy atom. The molecular weight excluding hydrogens is 476 g/mol. The zero-order chi connectivity index (χ0) is 22.4. The number of methoxy groups -OCH3 is 1. The Labute approximate surface area is 192 Å². The number of aromatic hydroxyl groups is 1. The second kappa shape index (κ2) is 7.96. The molecule has 2 fully saturated rings. The zero-order valence-electron chi connectivity index (χ0n) is 17.0. The number of nitrogens with zero attached hydrogens (tertiary/aromatic N) is 2. The van der Waals surface area contributed by atoms with Gasteiger partial charge in [-0.2, -0.15) is 0 Å². The van der Waals surface area contributed by atoms with Crippen LogP contribution in [0.1, 0.15) is 11.6 Å². The number of hydrogen-bond donors (Lipinski definition) is 1. The van der Waals surface area contributed by atoms with Crippen molar-refractivity contribution in [1.82, 2.24) is 0 Å². The first-order chi connectivity index (χ1) is 15.5. The van der Waals surface area contributed by atoms with E-state index in [1.807, 2.05) is 30.3 Å². The Kier molecular flexibility index (Phi) is 5.11. The van der Waals surface area contributed by atoms with E-state index in [0.29, 0.717) is 16.9 Å². The van der Waals surface area contributed by atoms with Crippen LogP contribution in [-0.2, 0) is 14.4 Å². The van der Waals surface area contributed by atoms with Crippen LogP contribution in [0.5, 0.6) is 11.5 Å². The number of carbonyl (C=O) groups excluding carboxylic acids is 2. The van der Waals surface area contributed by atoms with Crippen LogP contribution in [0.3, 0.4) is 0 Å². The number of ether oxygens (including phenoxy) is 1. The molecule has 0 unspecified atom stereocenters. The zero-order valence-corrected chi connectivity index (χ0v) is 18.6. The molecule has 2 aliphatic heterocycles. The predicted octanol–water partition coefficient (Wildman–Crippen LogP) is 4.21.